The summed E-state index contributed by atoms with van der Waals surface area (Å²) in [5.74, 6) is 2.68. The summed E-state index contributed by atoms with van der Waals surface area (Å²) in [6.07, 6.45) is 7.46. The van der Waals surface area contributed by atoms with Gasteiger partial charge >= 0.3 is 0 Å². The van der Waals surface area contributed by atoms with Crippen molar-refractivity contribution in [3.63, 3.8) is 0 Å². The van der Waals surface area contributed by atoms with E-state index < -0.39 is 0 Å². The third-order valence-corrected chi connectivity index (χ3v) is 4.95. The Bertz CT molecular complexity index is 814. The average molecular weight is 394 g/mol. The van der Waals surface area contributed by atoms with Crippen molar-refractivity contribution in [2.24, 2.45) is 4.99 Å². The molecule has 2 heterocycles. The van der Waals surface area contributed by atoms with Crippen LogP contribution in [0.2, 0.25) is 0 Å². The molecule has 3 rings (SSSR count). The number of hydrogen-bond acceptors (Lipinski definition) is 4. The number of anilines is 1. The van der Waals surface area contributed by atoms with Gasteiger partial charge in [0.05, 0.1) is 0 Å². The summed E-state index contributed by atoms with van der Waals surface area (Å²) in [7, 11) is 1.78. The van der Waals surface area contributed by atoms with Crippen molar-refractivity contribution in [2.75, 3.05) is 31.6 Å². The number of nitrogens with zero attached hydrogens (tertiary/aromatic N) is 3. The molecular formula is C23H31N5O. The Morgan fingerprint density at radius 2 is 1.97 bits per heavy atom. The van der Waals surface area contributed by atoms with Crippen LogP contribution in [0.25, 0.3) is 0 Å². The van der Waals surface area contributed by atoms with Gasteiger partial charge in [0.2, 0.25) is 0 Å². The predicted molar refractivity (Wildman–Crippen MR) is 119 cm³/mol. The Labute approximate surface area is 173 Å². The van der Waals surface area contributed by atoms with Gasteiger partial charge < -0.3 is 20.3 Å². The smallest absolute Gasteiger partial charge is 0.191 e. The summed E-state index contributed by atoms with van der Waals surface area (Å²) >= 11 is 0. The highest BCUT2D eigenvalue weighted by atomic mass is 16.5. The molecule has 0 radical (unpaired) electrons. The second-order valence-corrected chi connectivity index (χ2v) is 7.06. The second-order valence-electron chi connectivity index (χ2n) is 7.06. The van der Waals surface area contributed by atoms with Crippen molar-refractivity contribution in [3.8, 4) is 5.75 Å². The molecule has 29 heavy (non-hydrogen) atoms. The largest absolute Gasteiger partial charge is 0.489 e. The molecule has 0 spiro atoms. The van der Waals surface area contributed by atoms with E-state index in [9.17, 15) is 0 Å². The molecular weight excluding hydrogens is 362 g/mol. The summed E-state index contributed by atoms with van der Waals surface area (Å²) in [6, 6.07) is 12.2. The molecule has 2 aromatic rings. The maximum atomic E-state index is 5.72. The lowest BCUT2D eigenvalue weighted by atomic mass is 10.1. The maximum Gasteiger partial charge on any atom is 0.191 e. The molecule has 0 saturated carbocycles. The fourth-order valence-corrected chi connectivity index (χ4v) is 3.39. The van der Waals surface area contributed by atoms with Gasteiger partial charge in [0.25, 0.3) is 0 Å². The van der Waals surface area contributed by atoms with Gasteiger partial charge in [-0.05, 0) is 43.0 Å². The van der Waals surface area contributed by atoms with Crippen LogP contribution < -0.4 is 20.3 Å². The van der Waals surface area contributed by atoms with Crippen molar-refractivity contribution < 1.29 is 4.74 Å². The molecule has 1 saturated heterocycles. The van der Waals surface area contributed by atoms with Crippen LogP contribution in [-0.4, -0.2) is 37.7 Å². The molecule has 0 aliphatic carbocycles. The number of para-hydroxylation sites is 1. The van der Waals surface area contributed by atoms with Crippen molar-refractivity contribution in [1.29, 1.82) is 0 Å². The van der Waals surface area contributed by atoms with E-state index in [1.165, 1.54) is 24.8 Å². The van der Waals surface area contributed by atoms with Crippen molar-refractivity contribution in [1.82, 2.24) is 15.6 Å². The molecule has 0 amide bonds. The van der Waals surface area contributed by atoms with Crippen molar-refractivity contribution in [2.45, 2.75) is 32.4 Å². The number of nitrogens with one attached hydrogen (secondary N) is 2. The van der Waals surface area contributed by atoms with Crippen molar-refractivity contribution >= 4 is 11.8 Å². The van der Waals surface area contributed by atoms with E-state index in [-0.39, 0.29) is 0 Å². The summed E-state index contributed by atoms with van der Waals surface area (Å²) in [5.41, 5.74) is 2.27. The average Bonchev–Trinajstić information content (AvgIpc) is 2.79. The van der Waals surface area contributed by atoms with E-state index in [1.54, 1.807) is 13.1 Å². The Morgan fingerprint density at radius 3 is 2.76 bits per heavy atom. The minimum absolute atomic E-state index is 0.491. The first-order valence-electron chi connectivity index (χ1n) is 10.3. The summed E-state index contributed by atoms with van der Waals surface area (Å²) in [5, 5.41) is 6.74. The highest BCUT2D eigenvalue weighted by Gasteiger charge is 2.12. The number of guanidine groups is 1. The van der Waals surface area contributed by atoms with E-state index in [0.29, 0.717) is 19.7 Å². The molecule has 1 aromatic heterocycles. The Hall–Kier alpha value is -3.02. The number of hydrogen-bond donors (Lipinski definition) is 2. The fourth-order valence-electron chi connectivity index (χ4n) is 3.39. The minimum atomic E-state index is 0.491. The van der Waals surface area contributed by atoms with Crippen LogP contribution in [0.4, 0.5) is 5.82 Å². The van der Waals surface area contributed by atoms with E-state index in [2.05, 4.69) is 38.2 Å². The quantitative estimate of drug-likeness (QED) is 0.408. The zero-order valence-electron chi connectivity index (χ0n) is 17.2. The van der Waals surface area contributed by atoms with Crippen LogP contribution >= 0.6 is 0 Å². The predicted octanol–water partition coefficient (Wildman–Crippen LogP) is 3.50. The molecule has 1 aliphatic heterocycles. The third kappa shape index (κ3) is 6.24. The lowest BCUT2D eigenvalue weighted by molar-refractivity contribution is 0.358. The van der Waals surface area contributed by atoms with Crippen LogP contribution in [-0.2, 0) is 13.1 Å². The highest BCUT2D eigenvalue weighted by Crippen LogP contribution is 2.19. The first kappa shape index (κ1) is 20.7. The van der Waals surface area contributed by atoms with E-state index in [0.717, 1.165) is 36.2 Å². The number of ether oxygens (including phenoxy) is 1. The normalized spacial score (nSPS) is 14.4. The number of benzene rings is 1. The van der Waals surface area contributed by atoms with Gasteiger partial charge in [-0.15, -0.1) is 0 Å². The zero-order valence-corrected chi connectivity index (χ0v) is 17.2. The topological polar surface area (TPSA) is 61.8 Å². The molecule has 6 nitrogen and oxygen atoms in total. The van der Waals surface area contributed by atoms with Gasteiger partial charge in [0, 0.05) is 45.0 Å². The fraction of sp³-hybridized carbons (Fsp3) is 0.391. The first-order chi connectivity index (χ1) is 14.3. The molecule has 1 fully saturated rings. The van der Waals surface area contributed by atoms with Crippen LogP contribution in [0.15, 0.2) is 60.2 Å². The van der Waals surface area contributed by atoms with E-state index in [4.69, 9.17) is 4.74 Å². The van der Waals surface area contributed by atoms with Gasteiger partial charge in [-0.3, -0.25) is 4.99 Å². The van der Waals surface area contributed by atoms with Gasteiger partial charge in [-0.25, -0.2) is 4.98 Å². The zero-order chi connectivity index (χ0) is 20.3. The molecule has 154 valence electrons. The molecule has 1 aliphatic rings. The molecule has 0 atom stereocenters. The number of aromatic nitrogens is 1. The van der Waals surface area contributed by atoms with Gasteiger partial charge in [-0.2, -0.15) is 0 Å². The number of pyridine rings is 1. The second kappa shape index (κ2) is 11.1. The Kier molecular flexibility index (Phi) is 7.92. The molecule has 1 aromatic carbocycles. The highest BCUT2D eigenvalue weighted by molar-refractivity contribution is 5.79. The monoisotopic (exact) mass is 393 g/mol. The summed E-state index contributed by atoms with van der Waals surface area (Å²) < 4.78 is 5.72. The van der Waals surface area contributed by atoms with Gasteiger partial charge in [0.15, 0.2) is 5.96 Å². The van der Waals surface area contributed by atoms with Crippen LogP contribution in [0, 0.1) is 0 Å². The molecule has 6 heteroatoms. The SMILES string of the molecule is C=CCOc1ccccc1CNC(=NC)NCc1ccnc(N2CCCCC2)c1. The van der Waals surface area contributed by atoms with E-state index in [1.807, 2.05) is 36.5 Å². The molecule has 0 bridgehead atoms. The number of rotatable bonds is 8. The maximum absolute atomic E-state index is 5.72. The van der Waals surface area contributed by atoms with Crippen LogP contribution in [0.1, 0.15) is 30.4 Å². The molecule has 2 N–H and O–H groups in total. The van der Waals surface area contributed by atoms with Crippen molar-refractivity contribution in [3.05, 3.63) is 66.4 Å². The third-order valence-electron chi connectivity index (χ3n) is 4.95. The minimum Gasteiger partial charge on any atom is -0.489 e. The molecule has 0 unspecified atom stereocenters. The Morgan fingerprint density at radius 1 is 1.17 bits per heavy atom. The number of piperidine rings is 1. The Balaban J connectivity index is 1.54. The van der Waals surface area contributed by atoms with Gasteiger partial charge in [0.1, 0.15) is 18.2 Å². The standard InChI is InChI=1S/C23H31N5O/c1-3-15-29-21-10-6-5-9-20(21)18-27-23(24-2)26-17-19-11-12-25-22(16-19)28-13-7-4-8-14-28/h3,5-6,9-12,16H,1,4,7-8,13-15,17-18H2,2H3,(H2,24,26,27). The number of aliphatic imine (C=N–C) groups is 1. The summed E-state index contributed by atoms with van der Waals surface area (Å²) in [6.45, 7) is 7.71. The lowest BCUT2D eigenvalue weighted by Crippen LogP contribution is -2.36. The van der Waals surface area contributed by atoms with Gasteiger partial charge in [-0.1, -0.05) is 30.9 Å². The van der Waals surface area contributed by atoms with E-state index >= 15 is 0 Å². The summed E-state index contributed by atoms with van der Waals surface area (Å²) in [4.78, 5) is 11.3. The van der Waals surface area contributed by atoms with Crippen LogP contribution in [0.3, 0.4) is 0 Å². The first-order valence-corrected chi connectivity index (χ1v) is 10.3. The lowest BCUT2D eigenvalue weighted by Gasteiger charge is -2.28. The van der Waals surface area contributed by atoms with Crippen LogP contribution in [0.5, 0.6) is 5.75 Å².